The summed E-state index contributed by atoms with van der Waals surface area (Å²) in [6.07, 6.45) is 2.19. The number of para-hydroxylation sites is 1. The van der Waals surface area contributed by atoms with Crippen molar-refractivity contribution in [1.29, 1.82) is 0 Å². The van der Waals surface area contributed by atoms with Gasteiger partial charge in [0.2, 0.25) is 0 Å². The quantitative estimate of drug-likeness (QED) is 0.694. The molecule has 3 heteroatoms. The number of piperidine rings is 1. The van der Waals surface area contributed by atoms with Crippen molar-refractivity contribution < 1.29 is 0 Å². The highest BCUT2D eigenvalue weighted by Crippen LogP contribution is 2.22. The van der Waals surface area contributed by atoms with Crippen LogP contribution in [-0.4, -0.2) is 25.2 Å². The van der Waals surface area contributed by atoms with Gasteiger partial charge in [0.15, 0.2) is 0 Å². The van der Waals surface area contributed by atoms with Crippen LogP contribution in [0.3, 0.4) is 0 Å². The lowest BCUT2D eigenvalue weighted by molar-refractivity contribution is 0.346. The van der Waals surface area contributed by atoms with Crippen molar-refractivity contribution in [3.05, 3.63) is 30.3 Å². The summed E-state index contributed by atoms with van der Waals surface area (Å²) in [6.45, 7) is 2.80. The zero-order chi connectivity index (χ0) is 10.6. The molecule has 1 aliphatic rings. The molecule has 0 aromatic heterocycles. The van der Waals surface area contributed by atoms with Crippen LogP contribution < -0.4 is 16.4 Å². The van der Waals surface area contributed by atoms with Crippen LogP contribution in [0.2, 0.25) is 0 Å². The van der Waals surface area contributed by atoms with E-state index in [9.17, 15) is 0 Å². The van der Waals surface area contributed by atoms with Gasteiger partial charge in [-0.1, -0.05) is 18.2 Å². The highest BCUT2D eigenvalue weighted by molar-refractivity contribution is 5.45. The standard InChI is InChI=1S/C12H19N3/c13-10-12(6-8-14-9-7-12)15-11-4-2-1-3-5-11/h1-5,14-15H,6-10,13H2. The Morgan fingerprint density at radius 1 is 1.20 bits per heavy atom. The normalized spacial score (nSPS) is 19.8. The third-order valence-electron chi connectivity index (χ3n) is 3.13. The minimum Gasteiger partial charge on any atom is -0.378 e. The maximum absolute atomic E-state index is 5.90. The third kappa shape index (κ3) is 2.49. The minimum absolute atomic E-state index is 0.0899. The molecule has 0 atom stereocenters. The van der Waals surface area contributed by atoms with E-state index in [1.165, 1.54) is 5.69 Å². The van der Waals surface area contributed by atoms with E-state index in [1.54, 1.807) is 0 Å². The molecule has 1 aromatic carbocycles. The zero-order valence-corrected chi connectivity index (χ0v) is 9.00. The molecule has 4 N–H and O–H groups in total. The number of hydrogen-bond acceptors (Lipinski definition) is 3. The summed E-state index contributed by atoms with van der Waals surface area (Å²) in [6, 6.07) is 10.3. The average molecular weight is 205 g/mol. The molecular weight excluding hydrogens is 186 g/mol. The molecule has 0 bridgehead atoms. The molecule has 15 heavy (non-hydrogen) atoms. The molecule has 3 nitrogen and oxygen atoms in total. The van der Waals surface area contributed by atoms with E-state index < -0.39 is 0 Å². The summed E-state index contributed by atoms with van der Waals surface area (Å²) in [5.74, 6) is 0. The van der Waals surface area contributed by atoms with Gasteiger partial charge in [-0.3, -0.25) is 0 Å². The van der Waals surface area contributed by atoms with Crippen LogP contribution >= 0.6 is 0 Å². The van der Waals surface area contributed by atoms with E-state index >= 15 is 0 Å². The molecular formula is C12H19N3. The fourth-order valence-corrected chi connectivity index (χ4v) is 2.11. The second-order valence-corrected chi connectivity index (χ2v) is 4.23. The molecule has 1 aliphatic heterocycles. The summed E-state index contributed by atoms with van der Waals surface area (Å²) in [4.78, 5) is 0. The molecule has 1 aromatic rings. The Morgan fingerprint density at radius 3 is 2.47 bits per heavy atom. The zero-order valence-electron chi connectivity index (χ0n) is 9.00. The van der Waals surface area contributed by atoms with Gasteiger partial charge in [-0.25, -0.2) is 0 Å². The number of nitrogens with one attached hydrogen (secondary N) is 2. The number of nitrogens with two attached hydrogens (primary N) is 1. The van der Waals surface area contributed by atoms with E-state index in [4.69, 9.17) is 5.73 Å². The number of hydrogen-bond donors (Lipinski definition) is 3. The van der Waals surface area contributed by atoms with Crippen LogP contribution in [0, 0.1) is 0 Å². The molecule has 1 fully saturated rings. The van der Waals surface area contributed by atoms with Gasteiger partial charge in [0, 0.05) is 12.2 Å². The van der Waals surface area contributed by atoms with E-state index in [-0.39, 0.29) is 5.54 Å². The fraction of sp³-hybridized carbons (Fsp3) is 0.500. The Labute approximate surface area is 91.1 Å². The van der Waals surface area contributed by atoms with Crippen molar-refractivity contribution in [3.63, 3.8) is 0 Å². The minimum atomic E-state index is 0.0899. The molecule has 0 spiro atoms. The molecule has 0 amide bonds. The number of anilines is 1. The monoisotopic (exact) mass is 205 g/mol. The second-order valence-electron chi connectivity index (χ2n) is 4.23. The SMILES string of the molecule is NCC1(Nc2ccccc2)CCNCC1. The van der Waals surface area contributed by atoms with E-state index in [0.29, 0.717) is 6.54 Å². The summed E-state index contributed by atoms with van der Waals surface area (Å²) in [5.41, 5.74) is 7.16. The van der Waals surface area contributed by atoms with Gasteiger partial charge in [-0.15, -0.1) is 0 Å². The first-order valence-corrected chi connectivity index (χ1v) is 5.59. The number of rotatable bonds is 3. The Balaban J connectivity index is 2.07. The van der Waals surface area contributed by atoms with Gasteiger partial charge in [0.1, 0.15) is 0 Å². The lowest BCUT2D eigenvalue weighted by Gasteiger charge is -2.38. The summed E-state index contributed by atoms with van der Waals surface area (Å²) in [7, 11) is 0. The fourth-order valence-electron chi connectivity index (χ4n) is 2.11. The second kappa shape index (κ2) is 4.64. The lowest BCUT2D eigenvalue weighted by atomic mass is 9.88. The topological polar surface area (TPSA) is 50.1 Å². The third-order valence-corrected chi connectivity index (χ3v) is 3.13. The van der Waals surface area contributed by atoms with Gasteiger partial charge in [-0.05, 0) is 38.1 Å². The van der Waals surface area contributed by atoms with Gasteiger partial charge in [-0.2, -0.15) is 0 Å². The largest absolute Gasteiger partial charge is 0.378 e. The molecule has 2 rings (SSSR count). The van der Waals surface area contributed by atoms with Gasteiger partial charge in [0.25, 0.3) is 0 Å². The van der Waals surface area contributed by atoms with Crippen LogP contribution in [0.4, 0.5) is 5.69 Å². The molecule has 0 aliphatic carbocycles. The first kappa shape index (κ1) is 10.5. The van der Waals surface area contributed by atoms with Crippen LogP contribution in [0.25, 0.3) is 0 Å². The first-order chi connectivity index (χ1) is 7.35. The van der Waals surface area contributed by atoms with Crippen molar-refractivity contribution in [1.82, 2.24) is 5.32 Å². The maximum Gasteiger partial charge on any atom is 0.0519 e. The van der Waals surface area contributed by atoms with E-state index in [2.05, 4.69) is 22.8 Å². The Morgan fingerprint density at radius 2 is 1.87 bits per heavy atom. The molecule has 82 valence electrons. The molecule has 1 heterocycles. The van der Waals surface area contributed by atoms with Gasteiger partial charge >= 0.3 is 0 Å². The predicted molar refractivity (Wildman–Crippen MR) is 64.0 cm³/mol. The van der Waals surface area contributed by atoms with Gasteiger partial charge in [0.05, 0.1) is 5.54 Å². The first-order valence-electron chi connectivity index (χ1n) is 5.59. The van der Waals surface area contributed by atoms with Crippen LogP contribution in [0.15, 0.2) is 30.3 Å². The van der Waals surface area contributed by atoms with Crippen LogP contribution in [-0.2, 0) is 0 Å². The summed E-state index contributed by atoms with van der Waals surface area (Å²) >= 11 is 0. The van der Waals surface area contributed by atoms with Crippen molar-refractivity contribution in [2.75, 3.05) is 25.0 Å². The smallest absolute Gasteiger partial charge is 0.0519 e. The molecule has 0 unspecified atom stereocenters. The Hall–Kier alpha value is -1.06. The maximum atomic E-state index is 5.90. The summed E-state index contributed by atoms with van der Waals surface area (Å²) < 4.78 is 0. The highest BCUT2D eigenvalue weighted by Gasteiger charge is 2.29. The summed E-state index contributed by atoms with van der Waals surface area (Å²) in [5, 5.41) is 6.94. The Kier molecular flexibility index (Phi) is 3.23. The van der Waals surface area contributed by atoms with Crippen LogP contribution in [0.1, 0.15) is 12.8 Å². The molecule has 0 saturated carbocycles. The average Bonchev–Trinajstić information content (AvgIpc) is 2.32. The lowest BCUT2D eigenvalue weighted by Crippen LogP contribution is -2.52. The highest BCUT2D eigenvalue weighted by atomic mass is 15.0. The van der Waals surface area contributed by atoms with Crippen LogP contribution in [0.5, 0.6) is 0 Å². The van der Waals surface area contributed by atoms with Crippen molar-refractivity contribution in [2.45, 2.75) is 18.4 Å². The number of benzene rings is 1. The molecule has 0 radical (unpaired) electrons. The van der Waals surface area contributed by atoms with Gasteiger partial charge < -0.3 is 16.4 Å². The predicted octanol–water partition coefficient (Wildman–Crippen LogP) is 1.18. The molecule has 1 saturated heterocycles. The van der Waals surface area contributed by atoms with Crippen molar-refractivity contribution in [3.8, 4) is 0 Å². The van der Waals surface area contributed by atoms with E-state index in [1.807, 2.05) is 18.2 Å². The van der Waals surface area contributed by atoms with Crippen molar-refractivity contribution >= 4 is 5.69 Å². The van der Waals surface area contributed by atoms with Crippen molar-refractivity contribution in [2.24, 2.45) is 5.73 Å². The van der Waals surface area contributed by atoms with E-state index in [0.717, 1.165) is 25.9 Å². The Bertz CT molecular complexity index is 291.